The van der Waals surface area contributed by atoms with E-state index in [1.54, 1.807) is 0 Å². The highest BCUT2D eigenvalue weighted by Gasteiger charge is 2.42. The Labute approximate surface area is 466 Å². The molecule has 0 atom stereocenters. The smallest absolute Gasteiger partial charge is 0.309 e. The maximum Gasteiger partial charge on any atom is 0.309 e. The summed E-state index contributed by atoms with van der Waals surface area (Å²) >= 11 is 3.63. The molecule has 3 aromatic heterocycles. The lowest BCUT2D eigenvalue weighted by Gasteiger charge is -2.40. The van der Waals surface area contributed by atoms with Crippen molar-refractivity contribution in [2.45, 2.75) is 148 Å². The zero-order valence-electron chi connectivity index (χ0n) is 45.9. The van der Waals surface area contributed by atoms with Crippen LogP contribution in [0.5, 0.6) is 0 Å². The van der Waals surface area contributed by atoms with E-state index in [1.807, 2.05) is 13.8 Å². The van der Waals surface area contributed by atoms with Gasteiger partial charge in [0.15, 0.2) is 0 Å². The number of rotatable bonds is 8. The van der Waals surface area contributed by atoms with Crippen LogP contribution in [0.25, 0.3) is 0 Å². The van der Waals surface area contributed by atoms with Gasteiger partial charge in [0.25, 0.3) is 16.7 Å². The molecule has 5 N–H and O–H groups in total. The molecule has 0 bridgehead atoms. The number of fused-ring (bicyclic) bond motifs is 5. The van der Waals surface area contributed by atoms with E-state index in [2.05, 4.69) is 90.4 Å². The number of pyridine rings is 1. The van der Waals surface area contributed by atoms with Crippen LogP contribution in [0.2, 0.25) is 0 Å². The van der Waals surface area contributed by atoms with Crippen molar-refractivity contribution in [3.05, 3.63) is 99.0 Å². The van der Waals surface area contributed by atoms with Crippen molar-refractivity contribution in [1.29, 1.82) is 0 Å². The number of aromatic amines is 3. The number of carbonyl (C=O) groups is 3. The molecule has 12 rings (SSSR count). The van der Waals surface area contributed by atoms with E-state index in [-0.39, 0.29) is 51.8 Å². The Morgan fingerprint density at radius 2 is 1.15 bits per heavy atom. The number of anilines is 4. The Hall–Kier alpha value is -5.82. The molecular weight excluding hydrogens is 1060 g/mol. The van der Waals surface area contributed by atoms with E-state index >= 15 is 0 Å². The Kier molecular flexibility index (Phi) is 19.6. The topological polar surface area (TPSA) is 228 Å². The van der Waals surface area contributed by atoms with Crippen LogP contribution in [0.1, 0.15) is 143 Å². The minimum Gasteiger partial charge on any atom is -0.466 e. The van der Waals surface area contributed by atoms with Gasteiger partial charge in [-0.1, -0.05) is 15.9 Å². The number of H-pyrrole nitrogens is 3. The van der Waals surface area contributed by atoms with E-state index in [0.29, 0.717) is 25.1 Å². The van der Waals surface area contributed by atoms with Gasteiger partial charge in [-0.05, 0) is 191 Å². The zero-order valence-corrected chi connectivity index (χ0v) is 47.5. The number of hydrogen-bond donors (Lipinski definition) is 5. The number of esters is 2. The van der Waals surface area contributed by atoms with Crippen LogP contribution < -0.4 is 42.0 Å². The van der Waals surface area contributed by atoms with Gasteiger partial charge in [-0.25, -0.2) is 9.97 Å². The fraction of sp³-hybridized carbons (Fsp3) is 0.627. The lowest BCUT2D eigenvalue weighted by Crippen LogP contribution is -2.44. The number of nitrogens with zero attached hydrogens (tertiary/aromatic N) is 5. The molecule has 0 unspecified atom stereocenters. The SMILES string of the molecule is CCOC(=O)C1CCN(c2nc3c(c(=O)[nH]2)CCCC3)CC1.CCOC(=O)C1CCNCC1.O=CC1CCN(c2nc3c(c(=O)[nH]2)CCCC3)CC1.O=c1[nH]c(N2CCC3(CC2)CNc2ccc(Br)cc23)cc2c1CCCC2. The molecule has 0 saturated carbocycles. The largest absolute Gasteiger partial charge is 0.466 e. The molecule has 3 aliphatic carbocycles. The molecule has 0 radical (unpaired) electrons. The fourth-order valence-electron chi connectivity index (χ4n) is 12.6. The molecule has 1 aromatic carbocycles. The minimum absolute atomic E-state index is 0.00668. The number of aryl methyl sites for hydroxylation is 3. The van der Waals surface area contributed by atoms with E-state index in [9.17, 15) is 28.8 Å². The molecule has 0 amide bonds. The Bertz CT molecular complexity index is 2890. The highest BCUT2D eigenvalue weighted by molar-refractivity contribution is 9.10. The quantitative estimate of drug-likeness (QED) is 0.0883. The minimum atomic E-state index is -0.103. The van der Waals surface area contributed by atoms with Crippen molar-refractivity contribution in [3.8, 4) is 0 Å². The van der Waals surface area contributed by atoms with Crippen LogP contribution in [0.3, 0.4) is 0 Å². The Morgan fingerprint density at radius 1 is 0.641 bits per heavy atom. The van der Waals surface area contributed by atoms with Gasteiger partial charge in [0.1, 0.15) is 12.1 Å². The highest BCUT2D eigenvalue weighted by atomic mass is 79.9. The second kappa shape index (κ2) is 26.9. The first-order chi connectivity index (χ1) is 37.9. The van der Waals surface area contributed by atoms with Crippen molar-refractivity contribution < 1.29 is 23.9 Å². The van der Waals surface area contributed by atoms with Gasteiger partial charge in [0, 0.05) is 84.0 Å². The predicted molar refractivity (Wildman–Crippen MR) is 307 cm³/mol. The van der Waals surface area contributed by atoms with Crippen LogP contribution in [-0.4, -0.2) is 115 Å². The molecule has 78 heavy (non-hydrogen) atoms. The second-order valence-corrected chi connectivity index (χ2v) is 23.2. The standard InChI is InChI=1S/C21H24BrN3O.C16H23N3O3.C14H19N3O2.C8H15NO2/c22-15-5-6-18-17(12-15)21(13-23-18)7-9-25(10-8-21)19-11-14-3-1-2-4-16(14)20(26)24-19;1-2-22-15(21)11-7-9-19(10-8-11)16-17-13-6-4-3-5-12(13)14(20)18-16;18-9-10-5-7-17(8-6-10)14-15-12-4-2-1-3-11(12)13(19)16-14;1-2-11-8(10)7-3-5-9-6-4-7/h5-6,11-12,23H,1-4,7-10,13H2,(H,24,26);11H,2-10H2,1H3,(H,17,18,20);9-10H,1-8H2,(H,15,16,19);7,9H,2-6H2,1H3. The molecule has 4 fully saturated rings. The number of aldehydes is 1. The lowest BCUT2D eigenvalue weighted by atomic mass is 9.74. The van der Waals surface area contributed by atoms with Crippen molar-refractivity contribution >= 4 is 57.6 Å². The summed E-state index contributed by atoms with van der Waals surface area (Å²) in [7, 11) is 0. The molecule has 18 nitrogen and oxygen atoms in total. The van der Waals surface area contributed by atoms with E-state index < -0.39 is 0 Å². The first-order valence-corrected chi connectivity index (χ1v) is 30.0. The Balaban J connectivity index is 0.000000131. The van der Waals surface area contributed by atoms with Gasteiger partial charge in [-0.3, -0.25) is 33.9 Å². The normalized spacial score (nSPS) is 19.9. The van der Waals surface area contributed by atoms with Gasteiger partial charge in [0.05, 0.1) is 36.4 Å². The molecule has 8 aliphatic rings. The molecule has 4 aromatic rings. The molecule has 422 valence electrons. The van der Waals surface area contributed by atoms with Gasteiger partial charge < -0.3 is 44.6 Å². The second-order valence-electron chi connectivity index (χ2n) is 22.3. The van der Waals surface area contributed by atoms with Crippen LogP contribution in [0.15, 0.2) is 43.1 Å². The Morgan fingerprint density at radius 3 is 1.72 bits per heavy atom. The number of hydrogen-bond acceptors (Lipinski definition) is 15. The lowest BCUT2D eigenvalue weighted by molar-refractivity contribution is -0.149. The van der Waals surface area contributed by atoms with Gasteiger partial charge in [-0.2, -0.15) is 0 Å². The van der Waals surface area contributed by atoms with Crippen molar-refractivity contribution in [2.24, 2.45) is 17.8 Å². The van der Waals surface area contributed by atoms with Crippen LogP contribution in [-0.2, 0) is 67.8 Å². The average molecular weight is 1140 g/mol. The molecule has 4 saturated heterocycles. The monoisotopic (exact) mass is 1140 g/mol. The molecule has 19 heteroatoms. The van der Waals surface area contributed by atoms with Crippen molar-refractivity contribution in [1.82, 2.24) is 30.2 Å². The highest BCUT2D eigenvalue weighted by Crippen LogP contribution is 2.45. The van der Waals surface area contributed by atoms with Crippen LogP contribution in [0.4, 0.5) is 23.4 Å². The first kappa shape index (κ1) is 56.9. The summed E-state index contributed by atoms with van der Waals surface area (Å²) in [6, 6.07) is 8.82. The van der Waals surface area contributed by atoms with Crippen molar-refractivity contribution in [3.63, 3.8) is 0 Å². The molecule has 5 aliphatic heterocycles. The zero-order chi connectivity index (χ0) is 54.6. The maximum absolute atomic E-state index is 12.5. The summed E-state index contributed by atoms with van der Waals surface area (Å²) in [5.74, 6) is 2.54. The average Bonchev–Trinajstić information content (AvgIpc) is 3.99. The third-order valence-corrected chi connectivity index (χ3v) is 17.8. The van der Waals surface area contributed by atoms with Gasteiger partial charge >= 0.3 is 11.9 Å². The first-order valence-electron chi connectivity index (χ1n) is 29.2. The van der Waals surface area contributed by atoms with E-state index in [0.717, 1.165) is 226 Å². The fourth-order valence-corrected chi connectivity index (χ4v) is 13.0. The number of piperidine rings is 4. The number of ether oxygens (including phenoxy) is 2. The molecule has 8 heterocycles. The summed E-state index contributed by atoms with van der Waals surface area (Å²) < 4.78 is 11.2. The van der Waals surface area contributed by atoms with E-state index in [4.69, 9.17) is 9.47 Å². The third-order valence-electron chi connectivity index (χ3n) is 17.3. The number of carbonyl (C=O) groups excluding carboxylic acids is 3. The molecule has 1 spiro atoms. The molecular formula is C59H81BrN10O8. The number of benzene rings is 1. The van der Waals surface area contributed by atoms with Gasteiger partial charge in [-0.15, -0.1) is 0 Å². The van der Waals surface area contributed by atoms with Crippen molar-refractivity contribution in [2.75, 3.05) is 92.1 Å². The van der Waals surface area contributed by atoms with Crippen LogP contribution in [0, 0.1) is 17.8 Å². The maximum atomic E-state index is 12.5. The number of aromatic nitrogens is 5. The third kappa shape index (κ3) is 13.8. The van der Waals surface area contributed by atoms with E-state index in [1.165, 1.54) is 23.2 Å². The summed E-state index contributed by atoms with van der Waals surface area (Å²) in [5, 5.41) is 6.80. The predicted octanol–water partition coefficient (Wildman–Crippen LogP) is 7.02. The van der Waals surface area contributed by atoms with Crippen LogP contribution >= 0.6 is 15.9 Å². The summed E-state index contributed by atoms with van der Waals surface area (Å²) in [5.41, 5.74) is 9.07. The summed E-state index contributed by atoms with van der Waals surface area (Å²) in [6.07, 6.45) is 20.5. The number of nitrogens with one attached hydrogen (secondary N) is 5. The van der Waals surface area contributed by atoms with Gasteiger partial charge in [0.2, 0.25) is 11.9 Å². The summed E-state index contributed by atoms with van der Waals surface area (Å²) in [6.45, 7) is 12.5. The number of halogens is 1. The summed E-state index contributed by atoms with van der Waals surface area (Å²) in [4.78, 5) is 95.2.